The van der Waals surface area contributed by atoms with Crippen molar-refractivity contribution in [3.05, 3.63) is 29.3 Å². The number of alkyl halides is 1. The van der Waals surface area contributed by atoms with Crippen molar-refractivity contribution >= 4 is 21.6 Å². The smallest absolute Gasteiger partial charge is 0.0369 e. The molecule has 1 aromatic carbocycles. The van der Waals surface area contributed by atoms with Gasteiger partial charge in [-0.2, -0.15) is 0 Å². The molecule has 1 unspecified atom stereocenters. The molecule has 1 atom stereocenters. The largest absolute Gasteiger partial charge is 0.371 e. The van der Waals surface area contributed by atoms with Crippen molar-refractivity contribution in [1.82, 2.24) is 0 Å². The van der Waals surface area contributed by atoms with Crippen LogP contribution in [-0.4, -0.2) is 13.1 Å². The predicted octanol–water partition coefficient (Wildman–Crippen LogP) is 4.37. The summed E-state index contributed by atoms with van der Waals surface area (Å²) in [7, 11) is 0. The van der Waals surface area contributed by atoms with Gasteiger partial charge in [-0.15, -0.1) is 0 Å². The van der Waals surface area contributed by atoms with Gasteiger partial charge >= 0.3 is 0 Å². The zero-order valence-electron chi connectivity index (χ0n) is 11.0. The van der Waals surface area contributed by atoms with E-state index < -0.39 is 0 Å². The molecule has 0 bridgehead atoms. The Hall–Kier alpha value is -0.500. The van der Waals surface area contributed by atoms with Crippen molar-refractivity contribution in [2.45, 2.75) is 32.5 Å². The summed E-state index contributed by atoms with van der Waals surface area (Å²) in [6.45, 7) is 9.33. The van der Waals surface area contributed by atoms with Gasteiger partial charge in [-0.25, -0.2) is 0 Å². The molecular weight excluding hydrogens is 274 g/mol. The van der Waals surface area contributed by atoms with Crippen molar-refractivity contribution in [2.75, 3.05) is 18.0 Å². The van der Waals surface area contributed by atoms with Gasteiger partial charge in [0.2, 0.25) is 0 Å². The van der Waals surface area contributed by atoms with Crippen LogP contribution in [0, 0.1) is 18.8 Å². The molecule has 1 fully saturated rings. The fourth-order valence-electron chi connectivity index (χ4n) is 2.59. The van der Waals surface area contributed by atoms with E-state index in [9.17, 15) is 0 Å². The Kier molecular flexibility index (Phi) is 4.13. The Morgan fingerprint density at radius 3 is 2.71 bits per heavy atom. The Morgan fingerprint density at radius 2 is 2.18 bits per heavy atom. The van der Waals surface area contributed by atoms with Gasteiger partial charge in [0.05, 0.1) is 0 Å². The first-order valence-electron chi connectivity index (χ1n) is 6.52. The molecule has 0 spiro atoms. The quantitative estimate of drug-likeness (QED) is 0.749. The van der Waals surface area contributed by atoms with Crippen LogP contribution in [0.4, 0.5) is 5.69 Å². The summed E-state index contributed by atoms with van der Waals surface area (Å²) in [5.74, 6) is 1.68. The van der Waals surface area contributed by atoms with Gasteiger partial charge in [0, 0.05) is 24.1 Å². The highest BCUT2D eigenvalue weighted by Gasteiger charge is 2.24. The second-order valence-corrected chi connectivity index (χ2v) is 6.04. The molecule has 0 N–H and O–H groups in total. The minimum Gasteiger partial charge on any atom is -0.371 e. The number of rotatable bonds is 3. The van der Waals surface area contributed by atoms with Crippen LogP contribution in [-0.2, 0) is 5.33 Å². The monoisotopic (exact) mass is 295 g/mol. The fraction of sp³-hybridized carbons (Fsp3) is 0.600. The van der Waals surface area contributed by atoms with Crippen LogP contribution >= 0.6 is 15.9 Å². The van der Waals surface area contributed by atoms with Gasteiger partial charge in [0.1, 0.15) is 0 Å². The van der Waals surface area contributed by atoms with Crippen molar-refractivity contribution in [1.29, 1.82) is 0 Å². The molecule has 17 heavy (non-hydrogen) atoms. The maximum atomic E-state index is 3.53. The number of hydrogen-bond acceptors (Lipinski definition) is 1. The second-order valence-electron chi connectivity index (χ2n) is 5.48. The van der Waals surface area contributed by atoms with E-state index in [1.807, 2.05) is 0 Å². The molecule has 2 rings (SSSR count). The maximum absolute atomic E-state index is 3.53. The molecule has 1 aromatic rings. The Balaban J connectivity index is 2.11. The molecule has 0 radical (unpaired) electrons. The van der Waals surface area contributed by atoms with Gasteiger partial charge in [-0.1, -0.05) is 35.8 Å². The molecule has 94 valence electrons. The molecular formula is C15H22BrN. The Bertz CT molecular complexity index is 387. The lowest BCUT2D eigenvalue weighted by molar-refractivity contribution is 0.423. The lowest BCUT2D eigenvalue weighted by atomic mass is 9.95. The first-order chi connectivity index (χ1) is 8.11. The summed E-state index contributed by atoms with van der Waals surface area (Å²) in [5, 5.41) is 0.952. The van der Waals surface area contributed by atoms with Crippen LogP contribution in [0.3, 0.4) is 0 Å². The van der Waals surface area contributed by atoms with E-state index in [1.54, 1.807) is 0 Å². The maximum Gasteiger partial charge on any atom is 0.0369 e. The van der Waals surface area contributed by atoms with Gasteiger partial charge in [-0.05, 0) is 48.4 Å². The van der Waals surface area contributed by atoms with Crippen molar-refractivity contribution in [2.24, 2.45) is 11.8 Å². The van der Waals surface area contributed by atoms with Crippen LogP contribution < -0.4 is 4.90 Å². The number of hydrogen-bond donors (Lipinski definition) is 0. The van der Waals surface area contributed by atoms with E-state index in [0.717, 1.165) is 17.2 Å². The van der Waals surface area contributed by atoms with Crippen molar-refractivity contribution in [3.8, 4) is 0 Å². The molecule has 0 saturated carbocycles. The van der Waals surface area contributed by atoms with Crippen LogP contribution in [0.1, 0.15) is 31.4 Å². The number of halogens is 1. The molecule has 1 nitrogen and oxygen atoms in total. The highest BCUT2D eigenvalue weighted by atomic mass is 79.9. The van der Waals surface area contributed by atoms with Gasteiger partial charge < -0.3 is 4.90 Å². The first-order valence-corrected chi connectivity index (χ1v) is 7.64. The summed E-state index contributed by atoms with van der Waals surface area (Å²) in [4.78, 5) is 2.54. The zero-order chi connectivity index (χ0) is 12.4. The number of aryl methyl sites for hydroxylation is 1. The SMILES string of the molecule is Cc1cc(N2CCC(C(C)C)C2)ccc1CBr. The van der Waals surface area contributed by atoms with Gasteiger partial charge in [0.15, 0.2) is 0 Å². The first kappa shape index (κ1) is 12.9. The average molecular weight is 296 g/mol. The van der Waals surface area contributed by atoms with Crippen LogP contribution in [0.2, 0.25) is 0 Å². The Labute approximate surface area is 113 Å². The number of nitrogens with zero attached hydrogens (tertiary/aromatic N) is 1. The number of anilines is 1. The fourth-order valence-corrected chi connectivity index (χ4v) is 3.22. The zero-order valence-corrected chi connectivity index (χ0v) is 12.6. The van der Waals surface area contributed by atoms with Crippen LogP contribution in [0.15, 0.2) is 18.2 Å². The lowest BCUT2D eigenvalue weighted by Gasteiger charge is -2.21. The lowest BCUT2D eigenvalue weighted by Crippen LogP contribution is -2.21. The minimum absolute atomic E-state index is 0.808. The third kappa shape index (κ3) is 2.85. The summed E-state index contributed by atoms with van der Waals surface area (Å²) in [5.41, 5.74) is 4.19. The molecule has 1 aliphatic rings. The van der Waals surface area contributed by atoms with Crippen molar-refractivity contribution < 1.29 is 0 Å². The molecule has 0 aliphatic carbocycles. The Morgan fingerprint density at radius 1 is 1.41 bits per heavy atom. The van der Waals surface area contributed by atoms with E-state index in [-0.39, 0.29) is 0 Å². The van der Waals surface area contributed by atoms with Crippen LogP contribution in [0.25, 0.3) is 0 Å². The normalized spacial score (nSPS) is 20.3. The summed E-state index contributed by atoms with van der Waals surface area (Å²) in [6, 6.07) is 6.85. The second kappa shape index (κ2) is 5.43. The van der Waals surface area contributed by atoms with Gasteiger partial charge in [-0.3, -0.25) is 0 Å². The highest BCUT2D eigenvalue weighted by molar-refractivity contribution is 9.08. The van der Waals surface area contributed by atoms with Crippen molar-refractivity contribution in [3.63, 3.8) is 0 Å². The molecule has 0 amide bonds. The summed E-state index contributed by atoms with van der Waals surface area (Å²) >= 11 is 3.53. The molecule has 2 heteroatoms. The number of benzene rings is 1. The average Bonchev–Trinajstić information content (AvgIpc) is 2.78. The van der Waals surface area contributed by atoms with E-state index in [0.29, 0.717) is 0 Å². The minimum atomic E-state index is 0.808. The highest BCUT2D eigenvalue weighted by Crippen LogP contribution is 2.29. The predicted molar refractivity (Wildman–Crippen MR) is 79.0 cm³/mol. The summed E-state index contributed by atoms with van der Waals surface area (Å²) < 4.78 is 0. The molecule has 0 aromatic heterocycles. The van der Waals surface area contributed by atoms with Crippen LogP contribution in [0.5, 0.6) is 0 Å². The van der Waals surface area contributed by atoms with E-state index in [2.05, 4.69) is 59.8 Å². The topological polar surface area (TPSA) is 3.24 Å². The van der Waals surface area contributed by atoms with Gasteiger partial charge in [0.25, 0.3) is 0 Å². The summed E-state index contributed by atoms with van der Waals surface area (Å²) in [6.07, 6.45) is 1.34. The third-order valence-electron chi connectivity index (χ3n) is 4.00. The van der Waals surface area contributed by atoms with E-state index >= 15 is 0 Å². The van der Waals surface area contributed by atoms with E-state index in [1.165, 1.54) is 36.3 Å². The van der Waals surface area contributed by atoms with E-state index in [4.69, 9.17) is 0 Å². The molecule has 1 heterocycles. The standard InChI is InChI=1S/C15H22BrN/c1-11(2)14-6-7-17(10-14)15-5-4-13(9-16)12(3)8-15/h4-5,8,11,14H,6-7,9-10H2,1-3H3. The molecule has 1 saturated heterocycles. The molecule has 1 aliphatic heterocycles. The third-order valence-corrected chi connectivity index (χ3v) is 4.61.